The molecule has 0 aliphatic carbocycles. The van der Waals surface area contributed by atoms with Gasteiger partial charge in [-0.3, -0.25) is 23.2 Å². The zero-order chi connectivity index (χ0) is 17.2. The standard InChI is InChI=1S/C13H25O6PS2/c1-10(2)12(14)21-8-6-18-20(16,17-5)19-7-9-22-13(15)11(3)4/h10-11H,6-9H2,1-5H3. The lowest BCUT2D eigenvalue weighted by molar-refractivity contribution is -0.114. The van der Waals surface area contributed by atoms with Gasteiger partial charge in [0.25, 0.3) is 0 Å². The van der Waals surface area contributed by atoms with Gasteiger partial charge in [0.1, 0.15) is 0 Å². The van der Waals surface area contributed by atoms with Crippen LogP contribution in [0, 0.1) is 11.8 Å². The summed E-state index contributed by atoms with van der Waals surface area (Å²) in [5, 5.41) is 0.112. The Balaban J connectivity index is 3.97. The van der Waals surface area contributed by atoms with E-state index in [1.807, 2.05) is 27.7 Å². The normalized spacial score (nSPS) is 12.1. The molecule has 0 aromatic heterocycles. The molecule has 0 atom stereocenters. The van der Waals surface area contributed by atoms with Gasteiger partial charge in [0.2, 0.25) is 0 Å². The lowest BCUT2D eigenvalue weighted by Gasteiger charge is -2.15. The van der Waals surface area contributed by atoms with E-state index in [0.29, 0.717) is 11.5 Å². The van der Waals surface area contributed by atoms with Crippen LogP contribution in [0.25, 0.3) is 0 Å². The SMILES string of the molecule is COP(=O)(OCCSC(=O)C(C)C)OCCSC(=O)C(C)C. The summed E-state index contributed by atoms with van der Waals surface area (Å²) in [6.07, 6.45) is 0. The predicted octanol–water partition coefficient (Wildman–Crippen LogP) is 3.61. The van der Waals surface area contributed by atoms with E-state index in [2.05, 4.69) is 0 Å². The topological polar surface area (TPSA) is 78.9 Å². The van der Waals surface area contributed by atoms with Crippen LogP contribution < -0.4 is 0 Å². The number of phosphoric ester groups is 1. The summed E-state index contributed by atoms with van der Waals surface area (Å²) in [6.45, 7) is 7.44. The van der Waals surface area contributed by atoms with E-state index in [-0.39, 0.29) is 35.3 Å². The van der Waals surface area contributed by atoms with Crippen LogP contribution in [0.5, 0.6) is 0 Å². The average Bonchev–Trinajstić information content (AvgIpc) is 2.47. The number of hydrogen-bond donors (Lipinski definition) is 0. The van der Waals surface area contributed by atoms with Crippen molar-refractivity contribution in [2.24, 2.45) is 11.8 Å². The van der Waals surface area contributed by atoms with E-state index >= 15 is 0 Å². The molecule has 0 spiro atoms. The van der Waals surface area contributed by atoms with Crippen LogP contribution in [0.1, 0.15) is 27.7 Å². The van der Waals surface area contributed by atoms with Crippen molar-refractivity contribution in [2.45, 2.75) is 27.7 Å². The molecule has 0 aromatic rings. The molecule has 6 nitrogen and oxygen atoms in total. The molecular weight excluding hydrogens is 347 g/mol. The third-order valence-electron chi connectivity index (χ3n) is 2.32. The molecule has 0 aliphatic heterocycles. The van der Waals surface area contributed by atoms with Gasteiger partial charge in [0, 0.05) is 30.5 Å². The largest absolute Gasteiger partial charge is 0.474 e. The quantitative estimate of drug-likeness (QED) is 0.402. The van der Waals surface area contributed by atoms with E-state index < -0.39 is 7.82 Å². The van der Waals surface area contributed by atoms with Crippen molar-refractivity contribution in [3.8, 4) is 0 Å². The first kappa shape index (κ1) is 22.1. The van der Waals surface area contributed by atoms with Crippen molar-refractivity contribution < 1.29 is 27.7 Å². The molecule has 0 radical (unpaired) electrons. The molecule has 0 aromatic carbocycles. The number of rotatable bonds is 11. The van der Waals surface area contributed by atoms with Gasteiger partial charge in [-0.1, -0.05) is 51.2 Å². The summed E-state index contributed by atoms with van der Waals surface area (Å²) in [5.74, 6) is 0.666. The van der Waals surface area contributed by atoms with E-state index in [0.717, 1.165) is 23.5 Å². The van der Waals surface area contributed by atoms with Crippen LogP contribution in [0.2, 0.25) is 0 Å². The highest BCUT2D eigenvalue weighted by Crippen LogP contribution is 2.48. The number of phosphoric acid groups is 1. The predicted molar refractivity (Wildman–Crippen MR) is 91.1 cm³/mol. The summed E-state index contributed by atoms with van der Waals surface area (Å²) in [6, 6.07) is 0. The Hall–Kier alpha value is 0.150. The highest BCUT2D eigenvalue weighted by molar-refractivity contribution is 8.13. The van der Waals surface area contributed by atoms with Gasteiger partial charge in [-0.2, -0.15) is 0 Å². The molecule has 0 heterocycles. The Bertz CT molecular complexity index is 368. The van der Waals surface area contributed by atoms with Crippen LogP contribution >= 0.6 is 31.3 Å². The maximum atomic E-state index is 12.1. The summed E-state index contributed by atoms with van der Waals surface area (Å²) in [4.78, 5) is 22.8. The minimum Gasteiger partial charge on any atom is -0.290 e. The first-order chi connectivity index (χ1) is 10.2. The molecule has 9 heteroatoms. The molecule has 0 saturated carbocycles. The van der Waals surface area contributed by atoms with Gasteiger partial charge in [-0.15, -0.1) is 0 Å². The Morgan fingerprint density at radius 2 is 1.27 bits per heavy atom. The van der Waals surface area contributed by atoms with E-state index in [1.54, 1.807) is 0 Å². The zero-order valence-corrected chi connectivity index (χ0v) is 16.2. The second kappa shape index (κ2) is 11.6. The van der Waals surface area contributed by atoms with Crippen LogP contribution in [-0.2, 0) is 27.7 Å². The molecule has 0 fully saturated rings. The molecule has 0 unspecified atom stereocenters. The van der Waals surface area contributed by atoms with Gasteiger partial charge in [-0.25, -0.2) is 4.57 Å². The molecular formula is C13H25O6PS2. The summed E-state index contributed by atoms with van der Waals surface area (Å²) in [5.41, 5.74) is 0. The number of carbonyl (C=O) groups is 2. The van der Waals surface area contributed by atoms with E-state index in [9.17, 15) is 14.2 Å². The van der Waals surface area contributed by atoms with Crippen LogP contribution in [0.15, 0.2) is 0 Å². The highest BCUT2D eigenvalue weighted by Gasteiger charge is 2.25. The van der Waals surface area contributed by atoms with Crippen LogP contribution in [-0.4, -0.2) is 42.1 Å². The zero-order valence-electron chi connectivity index (χ0n) is 13.7. The third kappa shape index (κ3) is 10.0. The van der Waals surface area contributed by atoms with E-state index in [1.165, 1.54) is 7.11 Å². The lowest BCUT2D eigenvalue weighted by atomic mass is 10.3. The number of carbonyl (C=O) groups excluding carboxylic acids is 2. The Labute approximate surface area is 141 Å². The molecule has 0 saturated heterocycles. The maximum Gasteiger partial charge on any atom is 0.474 e. The molecule has 130 valence electrons. The Kier molecular flexibility index (Phi) is 11.7. The smallest absolute Gasteiger partial charge is 0.290 e. The van der Waals surface area contributed by atoms with Crippen LogP contribution in [0.3, 0.4) is 0 Å². The van der Waals surface area contributed by atoms with Crippen molar-refractivity contribution >= 4 is 41.6 Å². The fourth-order valence-corrected chi connectivity index (χ4v) is 3.62. The fourth-order valence-electron chi connectivity index (χ4n) is 1.06. The Morgan fingerprint density at radius 1 is 0.909 bits per heavy atom. The van der Waals surface area contributed by atoms with Gasteiger partial charge < -0.3 is 0 Å². The van der Waals surface area contributed by atoms with Crippen molar-refractivity contribution in [1.82, 2.24) is 0 Å². The van der Waals surface area contributed by atoms with Gasteiger partial charge >= 0.3 is 7.82 Å². The average molecular weight is 372 g/mol. The van der Waals surface area contributed by atoms with Crippen molar-refractivity contribution in [1.29, 1.82) is 0 Å². The first-order valence-corrected chi connectivity index (χ1v) is 10.4. The van der Waals surface area contributed by atoms with Gasteiger partial charge in [0.05, 0.1) is 13.2 Å². The molecule has 0 rings (SSSR count). The van der Waals surface area contributed by atoms with Crippen molar-refractivity contribution in [3.05, 3.63) is 0 Å². The fraction of sp³-hybridized carbons (Fsp3) is 0.846. The van der Waals surface area contributed by atoms with Gasteiger partial charge in [-0.05, 0) is 0 Å². The molecule has 0 amide bonds. The molecule has 0 bridgehead atoms. The summed E-state index contributed by atoms with van der Waals surface area (Å²) >= 11 is 2.25. The molecule has 22 heavy (non-hydrogen) atoms. The summed E-state index contributed by atoms with van der Waals surface area (Å²) < 4.78 is 27.1. The second-order valence-corrected chi connectivity index (χ2v) is 8.92. The van der Waals surface area contributed by atoms with Gasteiger partial charge in [0.15, 0.2) is 10.2 Å². The monoisotopic (exact) mass is 372 g/mol. The summed E-state index contributed by atoms with van der Waals surface area (Å²) in [7, 11) is -2.38. The van der Waals surface area contributed by atoms with E-state index in [4.69, 9.17) is 13.6 Å². The lowest BCUT2D eigenvalue weighted by Crippen LogP contribution is -2.08. The van der Waals surface area contributed by atoms with Crippen molar-refractivity contribution in [2.75, 3.05) is 31.8 Å². The first-order valence-electron chi connectivity index (χ1n) is 7.00. The maximum absolute atomic E-state index is 12.1. The van der Waals surface area contributed by atoms with Crippen molar-refractivity contribution in [3.63, 3.8) is 0 Å². The van der Waals surface area contributed by atoms with Crippen LogP contribution in [0.4, 0.5) is 0 Å². The third-order valence-corrected chi connectivity index (χ3v) is 6.02. The highest BCUT2D eigenvalue weighted by atomic mass is 32.2. The number of thioether (sulfide) groups is 2. The minimum atomic E-state index is -3.62. The molecule has 0 aliphatic rings. The molecule has 0 N–H and O–H groups in total. The Morgan fingerprint density at radius 3 is 1.55 bits per heavy atom. The number of hydrogen-bond acceptors (Lipinski definition) is 8. The second-order valence-electron chi connectivity index (χ2n) is 4.94. The minimum absolute atomic E-state index is 0.0500.